The second-order valence-corrected chi connectivity index (χ2v) is 6.73. The van der Waals surface area contributed by atoms with Crippen LogP contribution in [0.1, 0.15) is 12.0 Å². The van der Waals surface area contributed by atoms with E-state index in [1.165, 1.54) is 18.3 Å². The Morgan fingerprint density at radius 3 is 2.79 bits per heavy atom. The van der Waals surface area contributed by atoms with E-state index < -0.39 is 11.9 Å². The molecule has 0 bridgehead atoms. The summed E-state index contributed by atoms with van der Waals surface area (Å²) < 4.78 is 39.5. The number of amides is 1. The predicted molar refractivity (Wildman–Crippen MR) is 98.3 cm³/mol. The van der Waals surface area contributed by atoms with Crippen LogP contribution in [-0.2, 0) is 4.79 Å². The van der Waals surface area contributed by atoms with Crippen LogP contribution in [0.4, 0.5) is 24.7 Å². The monoisotopic (exact) mass is 385 g/mol. The number of aliphatic imine (C=N–C) groups is 1. The van der Waals surface area contributed by atoms with Crippen molar-refractivity contribution in [3.05, 3.63) is 36.0 Å². The summed E-state index contributed by atoms with van der Waals surface area (Å²) in [6.07, 6.45) is -1.17. The van der Waals surface area contributed by atoms with Crippen molar-refractivity contribution in [1.82, 2.24) is 4.98 Å². The van der Waals surface area contributed by atoms with E-state index in [9.17, 15) is 18.0 Å². The minimum atomic E-state index is -4.55. The SMILES string of the molecule is N#CC1CC1C(=O)Nc1cc2cc(C3=CCN=C3C(F)(F)F)cc(N)c2cn1. The average molecular weight is 385 g/mol. The van der Waals surface area contributed by atoms with Gasteiger partial charge in [-0.05, 0) is 35.6 Å². The van der Waals surface area contributed by atoms with Gasteiger partial charge in [0.05, 0.1) is 24.4 Å². The van der Waals surface area contributed by atoms with E-state index in [4.69, 9.17) is 11.0 Å². The van der Waals surface area contributed by atoms with Crippen molar-refractivity contribution in [2.75, 3.05) is 17.6 Å². The first-order valence-electron chi connectivity index (χ1n) is 8.50. The first-order chi connectivity index (χ1) is 13.3. The number of allylic oxidation sites excluding steroid dienone is 1. The number of nitriles is 1. The third-order valence-electron chi connectivity index (χ3n) is 4.79. The Morgan fingerprint density at radius 2 is 2.11 bits per heavy atom. The van der Waals surface area contributed by atoms with Crippen LogP contribution in [0.3, 0.4) is 0 Å². The van der Waals surface area contributed by atoms with Gasteiger partial charge in [0.15, 0.2) is 0 Å². The highest BCUT2D eigenvalue weighted by molar-refractivity contribution is 6.28. The average Bonchev–Trinajstić information content (AvgIpc) is 3.25. The van der Waals surface area contributed by atoms with Crippen molar-refractivity contribution >= 4 is 39.5 Å². The summed E-state index contributed by atoms with van der Waals surface area (Å²) in [5, 5.41) is 12.6. The fourth-order valence-corrected chi connectivity index (χ4v) is 3.26. The highest BCUT2D eigenvalue weighted by atomic mass is 19.4. The second kappa shape index (κ2) is 6.34. The molecule has 2 atom stereocenters. The van der Waals surface area contributed by atoms with Crippen LogP contribution in [0.25, 0.3) is 16.3 Å². The van der Waals surface area contributed by atoms with Gasteiger partial charge in [-0.25, -0.2) is 4.98 Å². The molecular weight excluding hydrogens is 371 g/mol. The van der Waals surface area contributed by atoms with Crippen LogP contribution in [0, 0.1) is 23.2 Å². The molecule has 1 aromatic heterocycles. The van der Waals surface area contributed by atoms with E-state index in [0.29, 0.717) is 22.8 Å². The Bertz CT molecular complexity index is 1100. The number of nitrogens with one attached hydrogen (secondary N) is 1. The number of anilines is 2. The number of carbonyl (C=O) groups is 1. The number of benzene rings is 1. The van der Waals surface area contributed by atoms with Gasteiger partial charge in [-0.15, -0.1) is 0 Å². The lowest BCUT2D eigenvalue weighted by atomic mass is 9.98. The zero-order chi connectivity index (χ0) is 20.1. The van der Waals surface area contributed by atoms with Crippen molar-refractivity contribution in [1.29, 1.82) is 5.26 Å². The maximum absolute atomic E-state index is 13.2. The number of alkyl halides is 3. The lowest BCUT2D eigenvalue weighted by Crippen LogP contribution is -2.22. The number of pyridine rings is 1. The van der Waals surface area contributed by atoms with E-state index in [1.807, 2.05) is 6.07 Å². The molecule has 1 fully saturated rings. The van der Waals surface area contributed by atoms with E-state index in [2.05, 4.69) is 15.3 Å². The molecule has 6 nitrogen and oxygen atoms in total. The number of fused-ring (bicyclic) bond motifs is 1. The smallest absolute Gasteiger partial charge is 0.398 e. The van der Waals surface area contributed by atoms with Gasteiger partial charge in [-0.2, -0.15) is 18.4 Å². The standard InChI is InChI=1S/C19H14F3N5O/c20-19(21,22)17-12(1-2-25-17)9-3-10-6-16(26-8-14(10)15(24)5-9)27-18(28)13-4-11(13)7-23/h1,3,5-6,8,11,13H,2,4,24H2,(H,26,27,28). The Kier molecular flexibility index (Phi) is 4.07. The molecule has 0 radical (unpaired) electrons. The van der Waals surface area contributed by atoms with Crippen molar-refractivity contribution in [3.63, 3.8) is 0 Å². The molecule has 2 heterocycles. The van der Waals surface area contributed by atoms with Gasteiger partial charge in [0.2, 0.25) is 5.91 Å². The molecule has 1 aliphatic carbocycles. The lowest BCUT2D eigenvalue weighted by Gasteiger charge is -2.13. The number of hydrogen-bond acceptors (Lipinski definition) is 5. The highest BCUT2D eigenvalue weighted by Gasteiger charge is 2.43. The third-order valence-corrected chi connectivity index (χ3v) is 4.79. The van der Waals surface area contributed by atoms with Crippen molar-refractivity contribution in [3.8, 4) is 6.07 Å². The molecule has 0 saturated heterocycles. The largest absolute Gasteiger partial charge is 0.433 e. The third kappa shape index (κ3) is 3.17. The molecule has 4 rings (SSSR count). The van der Waals surface area contributed by atoms with Crippen LogP contribution in [0.5, 0.6) is 0 Å². The summed E-state index contributed by atoms with van der Waals surface area (Å²) in [5.74, 6) is -0.680. The molecule has 1 amide bonds. The van der Waals surface area contributed by atoms with Crippen molar-refractivity contribution < 1.29 is 18.0 Å². The van der Waals surface area contributed by atoms with E-state index in [1.54, 1.807) is 12.1 Å². The number of nitrogens with two attached hydrogens (primary N) is 1. The lowest BCUT2D eigenvalue weighted by molar-refractivity contribution is -0.117. The molecule has 142 valence electrons. The van der Waals surface area contributed by atoms with E-state index in [0.717, 1.165) is 0 Å². The summed E-state index contributed by atoms with van der Waals surface area (Å²) in [4.78, 5) is 19.8. The molecule has 1 aliphatic heterocycles. The Hall–Kier alpha value is -3.41. The van der Waals surface area contributed by atoms with Gasteiger partial charge in [0, 0.05) is 22.8 Å². The quantitative estimate of drug-likeness (QED) is 0.791. The maximum atomic E-state index is 13.2. The Morgan fingerprint density at radius 1 is 1.32 bits per heavy atom. The normalized spacial score (nSPS) is 21.1. The molecule has 2 unspecified atom stereocenters. The zero-order valence-corrected chi connectivity index (χ0v) is 14.4. The summed E-state index contributed by atoms with van der Waals surface area (Å²) in [6.45, 7) is -0.0405. The number of halogens is 3. The maximum Gasteiger partial charge on any atom is 0.433 e. The first kappa shape index (κ1) is 18.0. The van der Waals surface area contributed by atoms with Gasteiger partial charge in [0.1, 0.15) is 11.5 Å². The molecule has 3 N–H and O–H groups in total. The van der Waals surface area contributed by atoms with Gasteiger partial charge in [-0.1, -0.05) is 6.08 Å². The van der Waals surface area contributed by atoms with Crippen molar-refractivity contribution in [2.24, 2.45) is 16.8 Å². The van der Waals surface area contributed by atoms with E-state index >= 15 is 0 Å². The Labute approximate surface area is 157 Å². The molecule has 0 spiro atoms. The fraction of sp³-hybridized carbons (Fsp3) is 0.263. The summed E-state index contributed by atoms with van der Waals surface area (Å²) in [7, 11) is 0. The molecule has 9 heteroatoms. The summed E-state index contributed by atoms with van der Waals surface area (Å²) in [5.41, 5.74) is 5.65. The van der Waals surface area contributed by atoms with Crippen LogP contribution in [0.2, 0.25) is 0 Å². The summed E-state index contributed by atoms with van der Waals surface area (Å²) in [6, 6.07) is 6.62. The fourth-order valence-electron chi connectivity index (χ4n) is 3.26. The number of aromatic nitrogens is 1. The summed E-state index contributed by atoms with van der Waals surface area (Å²) >= 11 is 0. The Balaban J connectivity index is 1.67. The minimum Gasteiger partial charge on any atom is -0.398 e. The van der Waals surface area contributed by atoms with E-state index in [-0.39, 0.29) is 41.4 Å². The second-order valence-electron chi connectivity index (χ2n) is 6.73. The van der Waals surface area contributed by atoms with Crippen LogP contribution in [-0.4, -0.2) is 29.3 Å². The number of nitrogen functional groups attached to an aromatic ring is 1. The number of carbonyl (C=O) groups excluding carboxylic acids is 1. The van der Waals surface area contributed by atoms with Crippen LogP contribution in [0.15, 0.2) is 35.5 Å². The molecule has 1 saturated carbocycles. The predicted octanol–water partition coefficient (Wildman–Crippen LogP) is 3.32. The van der Waals surface area contributed by atoms with Gasteiger partial charge in [0.25, 0.3) is 0 Å². The molecule has 2 aromatic rings. The van der Waals surface area contributed by atoms with Gasteiger partial charge >= 0.3 is 6.18 Å². The van der Waals surface area contributed by atoms with Crippen LogP contribution >= 0.6 is 0 Å². The number of rotatable bonds is 3. The topological polar surface area (TPSA) is 104 Å². The van der Waals surface area contributed by atoms with Crippen LogP contribution < -0.4 is 11.1 Å². The van der Waals surface area contributed by atoms with Gasteiger partial charge < -0.3 is 11.1 Å². The molecular formula is C19H14F3N5O. The zero-order valence-electron chi connectivity index (χ0n) is 14.4. The molecule has 2 aliphatic rings. The first-order valence-corrected chi connectivity index (χ1v) is 8.50. The molecule has 1 aromatic carbocycles. The highest BCUT2D eigenvalue weighted by Crippen LogP contribution is 2.39. The number of nitrogens with zero attached hydrogens (tertiary/aromatic N) is 3. The minimum absolute atomic E-state index is 0.0154. The number of hydrogen-bond donors (Lipinski definition) is 2. The van der Waals surface area contributed by atoms with Gasteiger partial charge in [-0.3, -0.25) is 9.79 Å². The molecule has 28 heavy (non-hydrogen) atoms. The van der Waals surface area contributed by atoms with Crippen molar-refractivity contribution in [2.45, 2.75) is 12.6 Å².